The third-order valence-electron chi connectivity index (χ3n) is 2.19. The molecule has 0 rings (SSSR count). The molecule has 0 saturated carbocycles. The summed E-state index contributed by atoms with van der Waals surface area (Å²) in [4.78, 5) is 0. The van der Waals surface area contributed by atoms with E-state index in [1.54, 1.807) is 0 Å². The Morgan fingerprint density at radius 2 is 1.71 bits per heavy atom. The summed E-state index contributed by atoms with van der Waals surface area (Å²) in [5.41, 5.74) is 0. The Balaban J connectivity index is 4.09. The zero-order valence-electron chi connectivity index (χ0n) is 10.8. The predicted molar refractivity (Wildman–Crippen MR) is 69.1 cm³/mol. The van der Waals surface area contributed by atoms with Crippen LogP contribution in [-0.2, 0) is 13.6 Å². The fraction of sp³-hybridized carbons (Fsp3) is 0.909. The first-order valence-corrected chi connectivity index (χ1v) is 7.95. The zero-order chi connectivity index (χ0) is 13.0. The number of oxime groups is 1. The van der Waals surface area contributed by atoms with E-state index in [0.717, 1.165) is 25.7 Å². The van der Waals surface area contributed by atoms with Crippen LogP contribution < -0.4 is 0 Å². The fourth-order valence-electron chi connectivity index (χ4n) is 1.14. The van der Waals surface area contributed by atoms with Crippen molar-refractivity contribution in [1.82, 2.24) is 0 Å². The average molecular weight is 265 g/mol. The van der Waals surface area contributed by atoms with Gasteiger partial charge in [0.1, 0.15) is 0 Å². The van der Waals surface area contributed by atoms with Crippen LogP contribution in [0.5, 0.6) is 0 Å². The van der Waals surface area contributed by atoms with Crippen molar-refractivity contribution in [1.29, 1.82) is 0 Å². The molecule has 0 spiro atoms. The van der Waals surface area contributed by atoms with Gasteiger partial charge in [0.2, 0.25) is 0 Å². The van der Waals surface area contributed by atoms with E-state index in [1.807, 2.05) is 13.8 Å². The van der Waals surface area contributed by atoms with Crippen LogP contribution in [0.25, 0.3) is 0 Å². The van der Waals surface area contributed by atoms with Crippen LogP contribution in [0.2, 0.25) is 0 Å². The molecular weight excluding hydrogens is 241 g/mol. The van der Waals surface area contributed by atoms with Crippen molar-refractivity contribution in [2.45, 2.75) is 46.0 Å². The van der Waals surface area contributed by atoms with Gasteiger partial charge in [-0.15, -0.1) is 5.16 Å². The molecule has 0 aliphatic carbocycles. The quantitative estimate of drug-likeness (QED) is 0.203. The molecule has 0 unspecified atom stereocenters. The Kier molecular flexibility index (Phi) is 10.5. The first kappa shape index (κ1) is 16.6. The molecule has 0 aliphatic rings. The van der Waals surface area contributed by atoms with Crippen LogP contribution in [0.3, 0.4) is 0 Å². The third kappa shape index (κ3) is 9.33. The molecule has 0 fully saturated rings. The second-order valence-corrected chi connectivity index (χ2v) is 5.98. The largest absolute Gasteiger partial charge is 0.411 e. The average Bonchev–Trinajstić information content (AvgIpc) is 2.30. The summed E-state index contributed by atoms with van der Waals surface area (Å²) in [6.45, 7) is 5.00. The van der Waals surface area contributed by atoms with Crippen molar-refractivity contribution in [2.24, 2.45) is 5.16 Å². The molecule has 17 heavy (non-hydrogen) atoms. The van der Waals surface area contributed by atoms with Gasteiger partial charge in [-0.25, -0.2) is 0 Å². The summed E-state index contributed by atoms with van der Waals surface area (Å²) in [6, 6.07) is 0. The molecular formula is C11H24NO4P. The Labute approximate surface area is 104 Å². The van der Waals surface area contributed by atoms with E-state index in [0.29, 0.717) is 19.6 Å². The van der Waals surface area contributed by atoms with Crippen molar-refractivity contribution in [2.75, 3.05) is 19.4 Å². The van der Waals surface area contributed by atoms with Gasteiger partial charge in [0.15, 0.2) is 0 Å². The topological polar surface area (TPSA) is 68.1 Å². The number of hydrogen-bond donors (Lipinski definition) is 1. The van der Waals surface area contributed by atoms with Crippen LogP contribution in [0, 0.1) is 0 Å². The lowest BCUT2D eigenvalue weighted by Gasteiger charge is -2.17. The number of hydrogen-bond acceptors (Lipinski definition) is 5. The molecule has 0 aromatic rings. The molecule has 0 aliphatic heterocycles. The minimum Gasteiger partial charge on any atom is -0.411 e. The van der Waals surface area contributed by atoms with Crippen molar-refractivity contribution in [3.63, 3.8) is 0 Å². The van der Waals surface area contributed by atoms with Crippen LogP contribution in [0.1, 0.15) is 46.0 Å². The van der Waals surface area contributed by atoms with Crippen molar-refractivity contribution < 1.29 is 18.8 Å². The molecule has 5 nitrogen and oxygen atoms in total. The Morgan fingerprint density at radius 3 is 2.12 bits per heavy atom. The van der Waals surface area contributed by atoms with Gasteiger partial charge in [-0.05, 0) is 19.3 Å². The summed E-state index contributed by atoms with van der Waals surface area (Å²) in [5, 5.41) is 11.2. The number of unbranched alkanes of at least 4 members (excludes halogenated alkanes) is 2. The molecule has 102 valence electrons. The van der Waals surface area contributed by atoms with Gasteiger partial charge in [-0.2, -0.15) is 0 Å². The number of rotatable bonds is 11. The minimum absolute atomic E-state index is 0.268. The Bertz CT molecular complexity index is 232. The smallest absolute Gasteiger partial charge is 0.331 e. The second-order valence-electron chi connectivity index (χ2n) is 3.79. The highest BCUT2D eigenvalue weighted by molar-refractivity contribution is 7.53. The summed E-state index contributed by atoms with van der Waals surface area (Å²) >= 11 is 0. The maximum Gasteiger partial charge on any atom is 0.331 e. The molecule has 0 saturated heterocycles. The van der Waals surface area contributed by atoms with Crippen LogP contribution in [0.15, 0.2) is 5.16 Å². The zero-order valence-corrected chi connectivity index (χ0v) is 11.7. The Hall–Kier alpha value is -0.380. The van der Waals surface area contributed by atoms with Gasteiger partial charge in [-0.1, -0.05) is 26.7 Å². The molecule has 0 aromatic heterocycles. The highest BCUT2D eigenvalue weighted by atomic mass is 31.2. The van der Waals surface area contributed by atoms with Crippen molar-refractivity contribution in [3.05, 3.63) is 0 Å². The molecule has 0 atom stereocenters. The predicted octanol–water partition coefficient (Wildman–Crippen LogP) is 3.66. The summed E-state index contributed by atoms with van der Waals surface area (Å²) < 4.78 is 23.0. The van der Waals surface area contributed by atoms with E-state index < -0.39 is 7.60 Å². The fourth-order valence-corrected chi connectivity index (χ4v) is 2.71. The molecule has 0 bridgehead atoms. The lowest BCUT2D eigenvalue weighted by Crippen LogP contribution is -2.03. The molecule has 0 amide bonds. The summed E-state index contributed by atoms with van der Waals surface area (Å²) in [7, 11) is -3.01. The normalized spacial score (nSPS) is 12.4. The van der Waals surface area contributed by atoms with Gasteiger partial charge >= 0.3 is 7.60 Å². The van der Waals surface area contributed by atoms with E-state index in [-0.39, 0.29) is 6.16 Å². The van der Waals surface area contributed by atoms with E-state index in [9.17, 15) is 4.57 Å². The van der Waals surface area contributed by atoms with Crippen LogP contribution >= 0.6 is 7.60 Å². The van der Waals surface area contributed by atoms with Crippen molar-refractivity contribution in [3.8, 4) is 0 Å². The molecule has 1 N–H and O–H groups in total. The van der Waals surface area contributed by atoms with E-state index in [1.165, 1.54) is 6.21 Å². The highest BCUT2D eigenvalue weighted by Gasteiger charge is 2.23. The van der Waals surface area contributed by atoms with Gasteiger partial charge in [0.25, 0.3) is 0 Å². The first-order valence-electron chi connectivity index (χ1n) is 6.22. The minimum atomic E-state index is -3.01. The molecule has 0 heterocycles. The lowest BCUT2D eigenvalue weighted by atomic mass is 10.4. The molecule has 0 radical (unpaired) electrons. The van der Waals surface area contributed by atoms with E-state index >= 15 is 0 Å². The SMILES string of the molecule is CCCCOP(=O)(CCC=NO)OCCCC. The highest BCUT2D eigenvalue weighted by Crippen LogP contribution is 2.48. The standard InChI is InChI=1S/C11H24NO4P/c1-3-5-9-15-17(14,11-7-8-12-13)16-10-6-4-2/h8,13H,3-7,9-11H2,1-2H3. The molecule has 0 aromatic carbocycles. The maximum absolute atomic E-state index is 12.2. The second kappa shape index (κ2) is 10.8. The van der Waals surface area contributed by atoms with E-state index in [2.05, 4.69) is 5.16 Å². The van der Waals surface area contributed by atoms with E-state index in [4.69, 9.17) is 14.3 Å². The first-order chi connectivity index (χ1) is 8.18. The summed E-state index contributed by atoms with van der Waals surface area (Å²) in [6.07, 6.45) is 5.69. The molecule has 6 heteroatoms. The Morgan fingerprint density at radius 1 is 1.18 bits per heavy atom. The van der Waals surface area contributed by atoms with Crippen LogP contribution in [0.4, 0.5) is 0 Å². The van der Waals surface area contributed by atoms with Crippen LogP contribution in [-0.4, -0.2) is 30.8 Å². The van der Waals surface area contributed by atoms with Gasteiger partial charge in [-0.3, -0.25) is 4.57 Å². The van der Waals surface area contributed by atoms with Gasteiger partial charge in [0, 0.05) is 6.21 Å². The van der Waals surface area contributed by atoms with Crippen molar-refractivity contribution >= 4 is 13.8 Å². The summed E-state index contributed by atoms with van der Waals surface area (Å²) in [5.74, 6) is 0. The van der Waals surface area contributed by atoms with Gasteiger partial charge in [0.05, 0.1) is 19.4 Å². The lowest BCUT2D eigenvalue weighted by molar-refractivity contribution is 0.200. The number of nitrogens with zero attached hydrogens (tertiary/aromatic N) is 1. The maximum atomic E-state index is 12.2. The van der Waals surface area contributed by atoms with Gasteiger partial charge < -0.3 is 14.3 Å². The third-order valence-corrected chi connectivity index (χ3v) is 4.14. The monoisotopic (exact) mass is 265 g/mol.